The molecule has 20 heavy (non-hydrogen) atoms. The number of carboxylic acids is 2. The van der Waals surface area contributed by atoms with Crippen molar-refractivity contribution in [1.29, 1.82) is 0 Å². The van der Waals surface area contributed by atoms with Crippen molar-refractivity contribution >= 4 is 24.1 Å². The number of hydrogen-bond acceptors (Lipinski definition) is 2. The molecule has 1 aromatic carbocycles. The van der Waals surface area contributed by atoms with Crippen LogP contribution in [0.15, 0.2) is 35.4 Å². The fourth-order valence-corrected chi connectivity index (χ4v) is 1.72. The second kappa shape index (κ2) is 7.28. The third-order valence-corrected chi connectivity index (χ3v) is 2.93. The first-order valence-electron chi connectivity index (χ1n) is 6.45. The van der Waals surface area contributed by atoms with Crippen molar-refractivity contribution in [2.75, 3.05) is 0 Å². The van der Waals surface area contributed by atoms with Crippen molar-refractivity contribution in [2.24, 2.45) is 0 Å². The van der Waals surface area contributed by atoms with Crippen LogP contribution in [-0.4, -0.2) is 22.2 Å². The van der Waals surface area contributed by atoms with Gasteiger partial charge in [-0.25, -0.2) is 9.59 Å². The molecular formula is C16H18O4. The lowest BCUT2D eigenvalue weighted by Crippen LogP contribution is -1.99. The molecule has 1 rings (SSSR count). The molecule has 0 atom stereocenters. The largest absolute Gasteiger partial charge is 0.478 e. The molecule has 0 saturated carbocycles. The van der Waals surface area contributed by atoms with Crippen LogP contribution in [-0.2, 0) is 9.59 Å². The van der Waals surface area contributed by atoms with Crippen LogP contribution in [0.25, 0.3) is 12.2 Å². The van der Waals surface area contributed by atoms with Gasteiger partial charge < -0.3 is 10.2 Å². The second-order valence-corrected chi connectivity index (χ2v) is 4.32. The highest BCUT2D eigenvalue weighted by atomic mass is 16.4. The van der Waals surface area contributed by atoms with E-state index in [1.807, 2.05) is 0 Å². The molecule has 0 radical (unpaired) electrons. The predicted octanol–water partition coefficient (Wildman–Crippen LogP) is 3.44. The van der Waals surface area contributed by atoms with Gasteiger partial charge in [-0.05, 0) is 36.1 Å². The van der Waals surface area contributed by atoms with Crippen LogP contribution in [0.1, 0.15) is 37.8 Å². The highest BCUT2D eigenvalue weighted by molar-refractivity contribution is 5.93. The summed E-state index contributed by atoms with van der Waals surface area (Å²) in [5.74, 6) is -1.84. The van der Waals surface area contributed by atoms with E-state index in [-0.39, 0.29) is 0 Å². The van der Waals surface area contributed by atoms with Crippen LogP contribution < -0.4 is 0 Å². The molecule has 0 aliphatic rings. The lowest BCUT2D eigenvalue weighted by molar-refractivity contribution is -0.133. The maximum Gasteiger partial charge on any atom is 0.331 e. The van der Waals surface area contributed by atoms with E-state index < -0.39 is 11.9 Å². The minimum Gasteiger partial charge on any atom is -0.478 e. The molecular weight excluding hydrogens is 256 g/mol. The van der Waals surface area contributed by atoms with E-state index in [1.54, 1.807) is 50.3 Å². The topological polar surface area (TPSA) is 74.6 Å². The highest BCUT2D eigenvalue weighted by Gasteiger charge is 2.05. The normalized spacial score (nSPS) is 12.3. The summed E-state index contributed by atoms with van der Waals surface area (Å²) in [4.78, 5) is 21.8. The molecule has 0 unspecified atom stereocenters. The van der Waals surface area contributed by atoms with E-state index in [4.69, 9.17) is 10.2 Å². The van der Waals surface area contributed by atoms with Gasteiger partial charge in [0.25, 0.3) is 0 Å². The Balaban J connectivity index is 3.00. The minimum atomic E-state index is -0.921. The van der Waals surface area contributed by atoms with Crippen molar-refractivity contribution < 1.29 is 19.8 Å². The van der Waals surface area contributed by atoms with Crippen molar-refractivity contribution in [3.05, 3.63) is 46.5 Å². The number of carboxylic acid groups (broad SMARTS) is 2. The maximum absolute atomic E-state index is 10.9. The van der Waals surface area contributed by atoms with E-state index >= 15 is 0 Å². The van der Waals surface area contributed by atoms with Crippen molar-refractivity contribution in [2.45, 2.75) is 26.7 Å². The van der Waals surface area contributed by atoms with Crippen LogP contribution in [0.2, 0.25) is 0 Å². The van der Waals surface area contributed by atoms with Crippen LogP contribution in [0.4, 0.5) is 0 Å². The third-order valence-electron chi connectivity index (χ3n) is 2.93. The lowest BCUT2D eigenvalue weighted by atomic mass is 10.0. The Morgan fingerprint density at radius 3 is 1.35 bits per heavy atom. The van der Waals surface area contributed by atoms with Gasteiger partial charge in [-0.3, -0.25) is 0 Å². The first-order valence-corrected chi connectivity index (χ1v) is 6.45. The molecule has 0 heterocycles. The number of aliphatic carboxylic acids is 2. The van der Waals surface area contributed by atoms with Crippen LogP contribution >= 0.6 is 0 Å². The summed E-state index contributed by atoms with van der Waals surface area (Å²) in [5, 5.41) is 17.9. The van der Waals surface area contributed by atoms with E-state index in [0.29, 0.717) is 24.0 Å². The molecule has 0 aliphatic heterocycles. The predicted molar refractivity (Wildman–Crippen MR) is 78.2 cm³/mol. The standard InChI is InChI=1S/C16H18O4/c1-3-13(15(17)18)9-11-5-7-12(8-6-11)10-14(4-2)16(19)20/h5-10H,3-4H2,1-2H3,(H,17,18)(H,19,20). The molecule has 0 bridgehead atoms. The van der Waals surface area contributed by atoms with Crippen molar-refractivity contribution in [1.82, 2.24) is 0 Å². The maximum atomic E-state index is 10.9. The zero-order chi connectivity index (χ0) is 15.1. The number of hydrogen-bond donors (Lipinski definition) is 2. The first kappa shape index (κ1) is 15.7. The summed E-state index contributed by atoms with van der Waals surface area (Å²) in [6.45, 7) is 3.58. The summed E-state index contributed by atoms with van der Waals surface area (Å²) in [6.07, 6.45) is 4.15. The average Bonchev–Trinajstić information content (AvgIpc) is 2.42. The average molecular weight is 274 g/mol. The Morgan fingerprint density at radius 2 is 1.15 bits per heavy atom. The van der Waals surface area contributed by atoms with Gasteiger partial charge in [0.2, 0.25) is 0 Å². The number of benzene rings is 1. The van der Waals surface area contributed by atoms with E-state index in [9.17, 15) is 9.59 Å². The summed E-state index contributed by atoms with van der Waals surface area (Å²) in [6, 6.07) is 7.11. The minimum absolute atomic E-state index is 0.341. The molecule has 4 heteroatoms. The van der Waals surface area contributed by atoms with E-state index in [1.165, 1.54) is 0 Å². The van der Waals surface area contributed by atoms with E-state index in [0.717, 1.165) is 11.1 Å². The van der Waals surface area contributed by atoms with Gasteiger partial charge >= 0.3 is 11.9 Å². The monoisotopic (exact) mass is 274 g/mol. The molecule has 1 aromatic rings. The van der Waals surface area contributed by atoms with Crippen LogP contribution in [0, 0.1) is 0 Å². The van der Waals surface area contributed by atoms with Gasteiger partial charge in [-0.1, -0.05) is 38.1 Å². The number of carbonyl (C=O) groups is 2. The summed E-state index contributed by atoms with van der Waals surface area (Å²) in [7, 11) is 0. The lowest BCUT2D eigenvalue weighted by Gasteiger charge is -2.01. The molecule has 0 aromatic heterocycles. The summed E-state index contributed by atoms with van der Waals surface area (Å²) < 4.78 is 0. The molecule has 4 nitrogen and oxygen atoms in total. The molecule has 0 aliphatic carbocycles. The van der Waals surface area contributed by atoms with Gasteiger partial charge in [0.1, 0.15) is 0 Å². The fraction of sp³-hybridized carbons (Fsp3) is 0.250. The Bertz CT molecular complexity index is 499. The molecule has 106 valence electrons. The quantitative estimate of drug-likeness (QED) is 0.779. The first-order chi connectivity index (χ1) is 9.47. The Labute approximate surface area is 118 Å². The van der Waals surface area contributed by atoms with Gasteiger partial charge in [0.15, 0.2) is 0 Å². The van der Waals surface area contributed by atoms with Gasteiger partial charge in [0, 0.05) is 11.1 Å². The summed E-state index contributed by atoms with van der Waals surface area (Å²) in [5.41, 5.74) is 2.26. The number of rotatable bonds is 6. The second-order valence-electron chi connectivity index (χ2n) is 4.32. The molecule has 2 N–H and O–H groups in total. The Morgan fingerprint density at radius 1 is 0.850 bits per heavy atom. The zero-order valence-corrected chi connectivity index (χ0v) is 11.6. The van der Waals surface area contributed by atoms with Crippen molar-refractivity contribution in [3.63, 3.8) is 0 Å². The highest BCUT2D eigenvalue weighted by Crippen LogP contribution is 2.14. The molecule has 0 spiro atoms. The van der Waals surface area contributed by atoms with Gasteiger partial charge in [-0.15, -0.1) is 0 Å². The van der Waals surface area contributed by atoms with Crippen LogP contribution in [0.3, 0.4) is 0 Å². The van der Waals surface area contributed by atoms with Gasteiger partial charge in [0.05, 0.1) is 0 Å². The summed E-state index contributed by atoms with van der Waals surface area (Å²) >= 11 is 0. The Kier molecular flexibility index (Phi) is 5.72. The van der Waals surface area contributed by atoms with Crippen molar-refractivity contribution in [3.8, 4) is 0 Å². The smallest absolute Gasteiger partial charge is 0.331 e. The van der Waals surface area contributed by atoms with Gasteiger partial charge in [-0.2, -0.15) is 0 Å². The molecule has 0 amide bonds. The third kappa shape index (κ3) is 4.39. The molecule has 0 saturated heterocycles. The molecule has 0 fully saturated rings. The fourth-order valence-electron chi connectivity index (χ4n) is 1.72. The van der Waals surface area contributed by atoms with E-state index in [2.05, 4.69) is 0 Å². The SMILES string of the molecule is CCC(=Cc1ccc(C=C(CC)C(=O)O)cc1)C(=O)O. The zero-order valence-electron chi connectivity index (χ0n) is 11.6. The van der Waals surface area contributed by atoms with Crippen LogP contribution in [0.5, 0.6) is 0 Å². The Hall–Kier alpha value is -2.36.